The Balaban J connectivity index is 1.76. The van der Waals surface area contributed by atoms with Crippen LogP contribution in [-0.2, 0) is 25.7 Å². The van der Waals surface area contributed by atoms with Gasteiger partial charge >= 0.3 is 5.97 Å². The van der Waals surface area contributed by atoms with E-state index in [1.165, 1.54) is 12.0 Å². The molecule has 0 unspecified atom stereocenters. The second-order valence-electron chi connectivity index (χ2n) is 6.84. The second kappa shape index (κ2) is 8.04. The van der Waals surface area contributed by atoms with Gasteiger partial charge < -0.3 is 9.64 Å². The van der Waals surface area contributed by atoms with Crippen molar-refractivity contribution < 1.29 is 19.1 Å². The van der Waals surface area contributed by atoms with Crippen LogP contribution in [0.3, 0.4) is 0 Å². The fourth-order valence-corrected chi connectivity index (χ4v) is 5.05. The van der Waals surface area contributed by atoms with Crippen molar-refractivity contribution in [3.63, 3.8) is 0 Å². The first-order valence-corrected chi connectivity index (χ1v) is 10.5. The molecule has 6 nitrogen and oxygen atoms in total. The van der Waals surface area contributed by atoms with Crippen LogP contribution < -0.4 is 4.90 Å². The van der Waals surface area contributed by atoms with E-state index in [2.05, 4.69) is 0 Å². The third kappa shape index (κ3) is 3.32. The Morgan fingerprint density at radius 3 is 2.43 bits per heavy atom. The van der Waals surface area contributed by atoms with Crippen molar-refractivity contribution in [1.29, 1.82) is 0 Å². The molecular formula is C22H18N2O4S2. The Morgan fingerprint density at radius 2 is 1.73 bits per heavy atom. The van der Waals surface area contributed by atoms with Crippen LogP contribution in [0.15, 0.2) is 59.5 Å². The molecule has 152 valence electrons. The molecule has 4 rings (SSSR count). The fourth-order valence-electron chi connectivity index (χ4n) is 3.56. The lowest BCUT2D eigenvalue weighted by atomic mass is 10.1. The van der Waals surface area contributed by atoms with Crippen LogP contribution in [0.2, 0.25) is 0 Å². The molecule has 0 saturated carbocycles. The number of esters is 1. The van der Waals surface area contributed by atoms with Crippen LogP contribution in [0.4, 0.5) is 5.69 Å². The molecule has 30 heavy (non-hydrogen) atoms. The van der Waals surface area contributed by atoms with Gasteiger partial charge in [-0.05, 0) is 18.6 Å². The predicted molar refractivity (Wildman–Crippen MR) is 120 cm³/mol. The first-order chi connectivity index (χ1) is 14.4. The molecule has 2 amide bonds. The number of methoxy groups -OCH3 is 1. The summed E-state index contributed by atoms with van der Waals surface area (Å²) in [5.41, 5.74) is 2.73. The number of hydrogen-bond acceptors (Lipinski definition) is 6. The maximum absolute atomic E-state index is 13.4. The maximum Gasteiger partial charge on any atom is 0.328 e. The number of ether oxygens (including phenoxy) is 1. The number of fused-ring (bicyclic) bond motifs is 1. The fraction of sp³-hybridized carbons (Fsp3) is 0.182. The lowest BCUT2D eigenvalue weighted by Gasteiger charge is -2.20. The number of nitrogens with zero attached hydrogens (tertiary/aromatic N) is 2. The van der Waals surface area contributed by atoms with Crippen LogP contribution in [0.25, 0.3) is 5.57 Å². The van der Waals surface area contributed by atoms with Crippen LogP contribution in [0, 0.1) is 0 Å². The average molecular weight is 439 g/mol. The number of hydrogen-bond donors (Lipinski definition) is 0. The van der Waals surface area contributed by atoms with Gasteiger partial charge in [0, 0.05) is 5.56 Å². The van der Waals surface area contributed by atoms with Crippen molar-refractivity contribution in [2.24, 2.45) is 0 Å². The van der Waals surface area contributed by atoms with E-state index in [0.29, 0.717) is 17.7 Å². The van der Waals surface area contributed by atoms with Gasteiger partial charge in [0.1, 0.15) is 10.4 Å². The quantitative estimate of drug-likeness (QED) is 0.414. The molecule has 8 heteroatoms. The molecule has 2 heterocycles. The molecule has 0 bridgehead atoms. The van der Waals surface area contributed by atoms with E-state index in [1.54, 1.807) is 11.8 Å². The van der Waals surface area contributed by atoms with E-state index < -0.39 is 17.9 Å². The summed E-state index contributed by atoms with van der Waals surface area (Å²) in [6.45, 7) is 1.94. The largest absolute Gasteiger partial charge is 0.467 e. The summed E-state index contributed by atoms with van der Waals surface area (Å²) in [5.74, 6) is -1.28. The van der Waals surface area contributed by atoms with Gasteiger partial charge in [-0.1, -0.05) is 72.5 Å². The molecule has 0 spiro atoms. The second-order valence-corrected chi connectivity index (χ2v) is 8.48. The van der Waals surface area contributed by atoms with Gasteiger partial charge in [0.2, 0.25) is 0 Å². The van der Waals surface area contributed by atoms with E-state index in [4.69, 9.17) is 17.0 Å². The summed E-state index contributed by atoms with van der Waals surface area (Å²) in [7, 11) is 1.26. The number of carbonyl (C=O) groups is 3. The zero-order valence-corrected chi connectivity index (χ0v) is 18.0. The molecule has 0 N–H and O–H groups in total. The van der Waals surface area contributed by atoms with Crippen LogP contribution in [0.5, 0.6) is 0 Å². The normalized spacial score (nSPS) is 19.3. The molecule has 0 radical (unpaired) electrons. The predicted octanol–water partition coefficient (Wildman–Crippen LogP) is 3.37. The Bertz CT molecular complexity index is 1100. The molecule has 2 aliphatic rings. The Morgan fingerprint density at radius 1 is 1.07 bits per heavy atom. The highest BCUT2D eigenvalue weighted by atomic mass is 32.2. The average Bonchev–Trinajstić information content (AvgIpc) is 3.20. The molecule has 1 saturated heterocycles. The first-order valence-electron chi connectivity index (χ1n) is 9.26. The molecular weight excluding hydrogens is 420 g/mol. The van der Waals surface area contributed by atoms with Crippen molar-refractivity contribution in [1.82, 2.24) is 4.90 Å². The SMILES string of the molecule is COC(=O)[C@H](C)N1C(=O)/C(=C2/C(=O)N(Cc3ccccc3)c3ccccc32)SC1=S. The molecule has 2 aromatic rings. The zero-order chi connectivity index (χ0) is 21.4. The zero-order valence-electron chi connectivity index (χ0n) is 16.3. The van der Waals surface area contributed by atoms with Gasteiger partial charge in [-0.25, -0.2) is 4.79 Å². The third-order valence-electron chi connectivity index (χ3n) is 5.06. The van der Waals surface area contributed by atoms with Gasteiger partial charge in [0.05, 0.1) is 29.8 Å². The number of anilines is 1. The van der Waals surface area contributed by atoms with Crippen molar-refractivity contribution in [3.8, 4) is 0 Å². The van der Waals surface area contributed by atoms with Crippen LogP contribution in [0.1, 0.15) is 18.1 Å². The summed E-state index contributed by atoms with van der Waals surface area (Å²) < 4.78 is 4.98. The molecule has 0 aromatic heterocycles. The lowest BCUT2D eigenvalue weighted by Crippen LogP contribution is -2.42. The lowest BCUT2D eigenvalue weighted by molar-refractivity contribution is -0.147. The highest BCUT2D eigenvalue weighted by Crippen LogP contribution is 2.45. The van der Waals surface area contributed by atoms with E-state index in [-0.39, 0.29) is 15.1 Å². The summed E-state index contributed by atoms with van der Waals surface area (Å²) in [6, 6.07) is 16.2. The van der Waals surface area contributed by atoms with Gasteiger partial charge in [0.25, 0.3) is 11.8 Å². The van der Waals surface area contributed by atoms with Crippen molar-refractivity contribution in [3.05, 3.63) is 70.6 Å². The first kappa shape index (κ1) is 20.3. The number of rotatable bonds is 4. The van der Waals surface area contributed by atoms with Crippen molar-refractivity contribution in [2.75, 3.05) is 12.0 Å². The minimum atomic E-state index is -0.868. The monoisotopic (exact) mass is 438 g/mol. The number of amides is 2. The van der Waals surface area contributed by atoms with E-state index in [9.17, 15) is 14.4 Å². The summed E-state index contributed by atoms with van der Waals surface area (Å²) in [5, 5.41) is 0. The summed E-state index contributed by atoms with van der Waals surface area (Å²) in [6.07, 6.45) is 0. The number of benzene rings is 2. The molecule has 2 aliphatic heterocycles. The van der Waals surface area contributed by atoms with Gasteiger partial charge in [-0.15, -0.1) is 0 Å². The van der Waals surface area contributed by atoms with E-state index in [1.807, 2.05) is 54.6 Å². The van der Waals surface area contributed by atoms with E-state index in [0.717, 1.165) is 23.0 Å². The van der Waals surface area contributed by atoms with Gasteiger partial charge in [-0.2, -0.15) is 0 Å². The highest BCUT2D eigenvalue weighted by Gasteiger charge is 2.44. The van der Waals surface area contributed by atoms with Crippen LogP contribution in [-0.4, -0.2) is 40.2 Å². The number of thiocarbonyl (C=S) groups is 1. The number of carbonyl (C=O) groups excluding carboxylic acids is 3. The molecule has 0 aliphatic carbocycles. The summed E-state index contributed by atoms with van der Waals surface area (Å²) >= 11 is 6.39. The van der Waals surface area contributed by atoms with Gasteiger partial charge in [0.15, 0.2) is 0 Å². The van der Waals surface area contributed by atoms with Crippen LogP contribution >= 0.6 is 24.0 Å². The highest BCUT2D eigenvalue weighted by molar-refractivity contribution is 8.26. The Kier molecular flexibility index (Phi) is 5.44. The number of thioether (sulfide) groups is 1. The Hall–Kier alpha value is -2.97. The Labute approximate surface area is 183 Å². The standard InChI is InChI=1S/C22H18N2O4S2/c1-13(21(27)28-2)24-20(26)18(30-22(24)29)17-15-10-6-7-11-16(15)23(19(17)25)12-14-8-4-3-5-9-14/h3-11,13H,12H2,1-2H3/b18-17-/t13-/m0/s1. The van der Waals surface area contributed by atoms with E-state index >= 15 is 0 Å². The molecule has 1 fully saturated rings. The molecule has 1 atom stereocenters. The molecule has 2 aromatic carbocycles. The minimum Gasteiger partial charge on any atom is -0.467 e. The van der Waals surface area contributed by atoms with Gasteiger partial charge in [-0.3, -0.25) is 14.5 Å². The number of para-hydroxylation sites is 1. The van der Waals surface area contributed by atoms with Crippen molar-refractivity contribution >= 4 is 57.3 Å². The minimum absolute atomic E-state index is 0.229. The van der Waals surface area contributed by atoms with Crippen molar-refractivity contribution in [2.45, 2.75) is 19.5 Å². The smallest absolute Gasteiger partial charge is 0.328 e. The maximum atomic E-state index is 13.4. The topological polar surface area (TPSA) is 66.9 Å². The summed E-state index contributed by atoms with van der Waals surface area (Å²) in [4.78, 5) is 41.7. The third-order valence-corrected chi connectivity index (χ3v) is 6.46.